The minimum atomic E-state index is -4.03. The van der Waals surface area contributed by atoms with Crippen molar-refractivity contribution in [3.8, 4) is 11.3 Å². The van der Waals surface area contributed by atoms with Crippen LogP contribution >= 0.6 is 38.5 Å². The van der Waals surface area contributed by atoms with Gasteiger partial charge < -0.3 is 0 Å². The van der Waals surface area contributed by atoms with E-state index in [0.717, 1.165) is 55.6 Å². The Labute approximate surface area is 242 Å². The molecule has 1 aliphatic rings. The molecule has 0 saturated carbocycles. The minimum absolute atomic E-state index is 0.292. The van der Waals surface area contributed by atoms with Gasteiger partial charge in [-0.15, -0.1) is 0 Å². The van der Waals surface area contributed by atoms with Crippen LogP contribution in [-0.2, 0) is 16.4 Å². The molecule has 1 aliphatic heterocycles. The molecule has 0 spiro atoms. The quantitative estimate of drug-likeness (QED) is 0.163. The summed E-state index contributed by atoms with van der Waals surface area (Å²) in [5.41, 5.74) is 4.91. The Kier molecular flexibility index (Phi) is 8.18. The molecule has 1 fully saturated rings. The van der Waals surface area contributed by atoms with Crippen LogP contribution in [0.3, 0.4) is 0 Å². The average molecular weight is 715 g/mol. The SMILES string of the molecule is Cc1ccccc1-c1cc(C[C@H](CI)C2CCN(S(=O)(=O)c3ccc(F)cc3F)CC2)n2ncc(Br)c2n1. The molecule has 11 heteroatoms. The molecule has 6 nitrogen and oxygen atoms in total. The zero-order chi connectivity index (χ0) is 27.0. The Bertz CT molecular complexity index is 1590. The molecular formula is C27H26BrF2IN4O2S. The predicted octanol–water partition coefficient (Wildman–Crippen LogP) is 6.44. The topological polar surface area (TPSA) is 67.6 Å². The van der Waals surface area contributed by atoms with Gasteiger partial charge in [0, 0.05) is 34.8 Å². The summed E-state index contributed by atoms with van der Waals surface area (Å²) < 4.78 is 58.6. The second kappa shape index (κ2) is 11.3. The summed E-state index contributed by atoms with van der Waals surface area (Å²) >= 11 is 5.98. The van der Waals surface area contributed by atoms with Gasteiger partial charge in [0.1, 0.15) is 16.5 Å². The fourth-order valence-electron chi connectivity index (χ4n) is 5.17. The third-order valence-electron chi connectivity index (χ3n) is 7.27. The van der Waals surface area contributed by atoms with Crippen LogP contribution in [0.2, 0.25) is 0 Å². The largest absolute Gasteiger partial charge is 0.245 e. The lowest BCUT2D eigenvalue weighted by Gasteiger charge is -2.35. The van der Waals surface area contributed by atoms with Gasteiger partial charge in [-0.3, -0.25) is 0 Å². The van der Waals surface area contributed by atoms with Crippen LogP contribution in [0.15, 0.2) is 64.1 Å². The van der Waals surface area contributed by atoms with Crippen LogP contribution in [-0.4, -0.2) is 44.8 Å². The highest BCUT2D eigenvalue weighted by molar-refractivity contribution is 14.1. The van der Waals surface area contributed by atoms with E-state index in [9.17, 15) is 17.2 Å². The number of sulfonamides is 1. The third kappa shape index (κ3) is 5.39. The monoisotopic (exact) mass is 714 g/mol. The van der Waals surface area contributed by atoms with E-state index in [0.29, 0.717) is 43.8 Å². The van der Waals surface area contributed by atoms with Gasteiger partial charge in [-0.1, -0.05) is 46.9 Å². The molecule has 5 rings (SSSR count). The Morgan fingerprint density at radius 2 is 1.87 bits per heavy atom. The Morgan fingerprint density at radius 3 is 2.55 bits per heavy atom. The molecule has 0 amide bonds. The second-order valence-corrected chi connectivity index (χ2v) is 13.3. The van der Waals surface area contributed by atoms with Crippen LogP contribution < -0.4 is 0 Å². The molecule has 200 valence electrons. The Balaban J connectivity index is 1.37. The summed E-state index contributed by atoms with van der Waals surface area (Å²) in [6.45, 7) is 2.66. The number of aromatic nitrogens is 3. The summed E-state index contributed by atoms with van der Waals surface area (Å²) in [4.78, 5) is 4.40. The molecule has 1 saturated heterocycles. The molecule has 1 atom stereocenters. The molecule has 38 heavy (non-hydrogen) atoms. The smallest absolute Gasteiger partial charge is 0.227 e. The van der Waals surface area contributed by atoms with Crippen molar-refractivity contribution in [2.75, 3.05) is 17.5 Å². The Hall–Kier alpha value is -1.96. The van der Waals surface area contributed by atoms with Crippen molar-refractivity contribution >= 4 is 54.2 Å². The van der Waals surface area contributed by atoms with Gasteiger partial charge >= 0.3 is 0 Å². The van der Waals surface area contributed by atoms with E-state index >= 15 is 0 Å². The first-order chi connectivity index (χ1) is 18.2. The molecule has 2 aromatic carbocycles. The second-order valence-electron chi connectivity index (χ2n) is 9.61. The molecule has 3 heterocycles. The van der Waals surface area contributed by atoms with Gasteiger partial charge in [0.15, 0.2) is 5.65 Å². The zero-order valence-corrected chi connectivity index (χ0v) is 25.2. The highest BCUT2D eigenvalue weighted by atomic mass is 127. The van der Waals surface area contributed by atoms with Crippen molar-refractivity contribution in [2.24, 2.45) is 11.8 Å². The molecule has 0 N–H and O–H groups in total. The number of hydrogen-bond acceptors (Lipinski definition) is 4. The maximum absolute atomic E-state index is 14.2. The summed E-state index contributed by atoms with van der Waals surface area (Å²) in [5, 5.41) is 4.56. The maximum Gasteiger partial charge on any atom is 0.245 e. The van der Waals surface area contributed by atoms with Crippen LogP contribution in [0.5, 0.6) is 0 Å². The summed E-state index contributed by atoms with van der Waals surface area (Å²) in [7, 11) is -4.03. The molecule has 0 radical (unpaired) electrons. The number of rotatable bonds is 7. The normalized spacial score (nSPS) is 16.2. The van der Waals surface area contributed by atoms with Crippen LogP contribution in [0.1, 0.15) is 24.1 Å². The number of halogens is 4. The number of benzene rings is 2. The minimum Gasteiger partial charge on any atom is -0.227 e. The third-order valence-corrected chi connectivity index (χ3v) is 10.9. The van der Waals surface area contributed by atoms with E-state index in [1.165, 1.54) is 4.31 Å². The fraction of sp³-hybridized carbons (Fsp3) is 0.333. The van der Waals surface area contributed by atoms with Gasteiger partial charge in [0.05, 0.1) is 16.4 Å². The Morgan fingerprint density at radius 1 is 1.13 bits per heavy atom. The highest BCUT2D eigenvalue weighted by Gasteiger charge is 2.34. The number of aryl methyl sites for hydroxylation is 1. The summed E-state index contributed by atoms with van der Waals surface area (Å²) in [5.74, 6) is -1.28. The standard InChI is InChI=1S/C27H26BrF2IN4O2S/c1-17-4-2-3-5-22(17)25-14-21(35-27(33-25)23(28)16-32-35)12-19(15-31)18-8-10-34(11-9-18)38(36,37)26-7-6-20(29)13-24(26)30/h2-7,13-14,16,18-19H,8-12,15H2,1H3/t19-/m1/s1. The number of piperidine rings is 1. The number of hydrogen-bond donors (Lipinski definition) is 0. The molecule has 0 aliphatic carbocycles. The first-order valence-corrected chi connectivity index (χ1v) is 16.0. The molecule has 4 aromatic rings. The zero-order valence-electron chi connectivity index (χ0n) is 20.6. The van der Waals surface area contributed by atoms with E-state index in [1.54, 1.807) is 6.20 Å². The number of alkyl halides is 1. The van der Waals surface area contributed by atoms with Crippen molar-refractivity contribution in [2.45, 2.75) is 31.1 Å². The van der Waals surface area contributed by atoms with E-state index < -0.39 is 26.6 Å². The van der Waals surface area contributed by atoms with E-state index in [2.05, 4.69) is 68.7 Å². The predicted molar refractivity (Wildman–Crippen MR) is 155 cm³/mol. The van der Waals surface area contributed by atoms with Gasteiger partial charge in [0.25, 0.3) is 0 Å². The first-order valence-electron chi connectivity index (χ1n) is 12.3. The van der Waals surface area contributed by atoms with Crippen molar-refractivity contribution in [1.29, 1.82) is 0 Å². The van der Waals surface area contributed by atoms with Crippen LogP contribution in [0, 0.1) is 30.4 Å². The van der Waals surface area contributed by atoms with E-state index in [1.807, 2.05) is 16.6 Å². The van der Waals surface area contributed by atoms with Crippen LogP contribution in [0.25, 0.3) is 16.9 Å². The average Bonchev–Trinajstić information content (AvgIpc) is 3.28. The van der Waals surface area contributed by atoms with Crippen molar-refractivity contribution in [3.63, 3.8) is 0 Å². The summed E-state index contributed by atoms with van der Waals surface area (Å²) in [6.07, 6.45) is 3.85. The molecule has 2 aromatic heterocycles. The fourth-order valence-corrected chi connectivity index (χ4v) is 8.06. The first kappa shape index (κ1) is 27.6. The van der Waals surface area contributed by atoms with Crippen molar-refractivity contribution < 1.29 is 17.2 Å². The molecule has 0 unspecified atom stereocenters. The van der Waals surface area contributed by atoms with Crippen LogP contribution in [0.4, 0.5) is 8.78 Å². The van der Waals surface area contributed by atoms with Crippen molar-refractivity contribution in [1.82, 2.24) is 18.9 Å². The highest BCUT2D eigenvalue weighted by Crippen LogP contribution is 2.34. The lowest BCUT2D eigenvalue weighted by molar-refractivity contribution is 0.218. The number of fused-ring (bicyclic) bond motifs is 1. The van der Waals surface area contributed by atoms with Gasteiger partial charge in [-0.2, -0.15) is 9.40 Å². The van der Waals surface area contributed by atoms with Gasteiger partial charge in [-0.25, -0.2) is 26.7 Å². The molecular weight excluding hydrogens is 689 g/mol. The molecule has 0 bridgehead atoms. The lowest BCUT2D eigenvalue weighted by atomic mass is 9.83. The maximum atomic E-state index is 14.2. The lowest BCUT2D eigenvalue weighted by Crippen LogP contribution is -2.41. The van der Waals surface area contributed by atoms with Gasteiger partial charge in [0.2, 0.25) is 10.0 Å². The van der Waals surface area contributed by atoms with Gasteiger partial charge in [-0.05, 0) is 77.7 Å². The van der Waals surface area contributed by atoms with E-state index in [4.69, 9.17) is 4.98 Å². The van der Waals surface area contributed by atoms with Crippen molar-refractivity contribution in [3.05, 3.63) is 82.1 Å². The number of nitrogens with zero attached hydrogens (tertiary/aromatic N) is 4. The van der Waals surface area contributed by atoms with E-state index in [-0.39, 0.29) is 0 Å². The summed E-state index contributed by atoms with van der Waals surface area (Å²) in [6, 6.07) is 12.8.